The van der Waals surface area contributed by atoms with Gasteiger partial charge in [-0.15, -0.1) is 24.9 Å². The molecule has 2 fully saturated rings. The van der Waals surface area contributed by atoms with E-state index in [-0.39, 0.29) is 23.6 Å². The fourth-order valence-corrected chi connectivity index (χ4v) is 6.67. The molecule has 2 aromatic rings. The number of carbonyl (C=O) groups excluding carboxylic acids is 2. The minimum absolute atomic E-state index is 0.0923. The van der Waals surface area contributed by atoms with Gasteiger partial charge >= 0.3 is 6.36 Å². The van der Waals surface area contributed by atoms with Gasteiger partial charge in [0.15, 0.2) is 0 Å². The van der Waals surface area contributed by atoms with Gasteiger partial charge in [-0.1, -0.05) is 18.2 Å². The predicted octanol–water partition coefficient (Wildman–Crippen LogP) is 4.18. The molecule has 3 aliphatic heterocycles. The number of fused-ring (bicyclic) bond motifs is 4. The lowest BCUT2D eigenvalue weighted by molar-refractivity contribution is -0.274. The third kappa shape index (κ3) is 3.47. The molecule has 5 rings (SSSR count). The first-order chi connectivity index (χ1) is 15.8. The molecule has 2 saturated heterocycles. The van der Waals surface area contributed by atoms with Crippen LogP contribution in [0.5, 0.6) is 5.75 Å². The summed E-state index contributed by atoms with van der Waals surface area (Å²) in [7, 11) is 0. The van der Waals surface area contributed by atoms with Crippen molar-refractivity contribution in [2.24, 2.45) is 5.92 Å². The van der Waals surface area contributed by atoms with E-state index in [2.05, 4.69) is 15.0 Å². The van der Waals surface area contributed by atoms with Gasteiger partial charge in [-0.25, -0.2) is 0 Å². The Bertz CT molecular complexity index is 1090. The highest BCUT2D eigenvalue weighted by Gasteiger charge is 2.67. The monoisotopic (exact) mass is 477 g/mol. The van der Waals surface area contributed by atoms with Gasteiger partial charge in [0, 0.05) is 41.2 Å². The van der Waals surface area contributed by atoms with Gasteiger partial charge in [-0.3, -0.25) is 14.5 Å². The second-order valence-corrected chi connectivity index (χ2v) is 9.31. The van der Waals surface area contributed by atoms with Crippen molar-refractivity contribution in [1.82, 2.24) is 4.90 Å². The second-order valence-electron chi connectivity index (χ2n) is 8.31. The van der Waals surface area contributed by atoms with E-state index in [0.29, 0.717) is 24.5 Å². The number of likely N-dealkylation sites (N-methyl/N-ethyl adjacent to an activating group) is 1. The standard InChI is InChI=1S/C23H22F3N3O3S/c1-2-28-19-6-4-3-5-17(19)22(21(28)31)18(11-15-12-33-13-29(15)22)20(30)27-14-7-9-16(10-8-14)32-23(24,25)26/h3-10,15,18H,2,11-13H2,1H3,(H,27,30)/t15-,18-,22-/m0/s1. The largest absolute Gasteiger partial charge is 0.573 e. The lowest BCUT2D eigenvalue weighted by Gasteiger charge is -2.36. The third-order valence-electron chi connectivity index (χ3n) is 6.61. The van der Waals surface area contributed by atoms with Gasteiger partial charge in [0.2, 0.25) is 5.91 Å². The summed E-state index contributed by atoms with van der Waals surface area (Å²) in [4.78, 5) is 31.3. The molecule has 0 bridgehead atoms. The molecule has 174 valence electrons. The molecule has 33 heavy (non-hydrogen) atoms. The Morgan fingerprint density at radius 1 is 1.21 bits per heavy atom. The maximum atomic E-state index is 13.9. The summed E-state index contributed by atoms with van der Waals surface area (Å²) in [5, 5.41) is 2.82. The molecule has 0 radical (unpaired) electrons. The fourth-order valence-electron chi connectivity index (χ4n) is 5.37. The molecule has 2 amide bonds. The molecule has 1 spiro atoms. The molecule has 3 aliphatic rings. The average Bonchev–Trinajstić information content (AvgIpc) is 3.42. The first-order valence-corrected chi connectivity index (χ1v) is 11.8. The van der Waals surface area contributed by atoms with Crippen molar-refractivity contribution in [3.8, 4) is 5.75 Å². The molecule has 0 aliphatic carbocycles. The number of rotatable bonds is 4. The maximum absolute atomic E-state index is 13.9. The van der Waals surface area contributed by atoms with Gasteiger partial charge in [0.1, 0.15) is 11.3 Å². The van der Waals surface area contributed by atoms with E-state index < -0.39 is 17.8 Å². The van der Waals surface area contributed by atoms with Crippen molar-refractivity contribution < 1.29 is 27.5 Å². The zero-order valence-electron chi connectivity index (χ0n) is 17.8. The summed E-state index contributed by atoms with van der Waals surface area (Å²) < 4.78 is 41.2. The summed E-state index contributed by atoms with van der Waals surface area (Å²) in [5.41, 5.74) is 0.937. The Kier molecular flexibility index (Phi) is 5.32. The molecule has 10 heteroatoms. The van der Waals surface area contributed by atoms with Crippen LogP contribution in [0, 0.1) is 5.92 Å². The van der Waals surface area contributed by atoms with E-state index in [1.807, 2.05) is 31.2 Å². The number of hydrogen-bond donors (Lipinski definition) is 1. The van der Waals surface area contributed by atoms with Crippen LogP contribution in [0.2, 0.25) is 0 Å². The van der Waals surface area contributed by atoms with Crippen molar-refractivity contribution in [2.45, 2.75) is 31.3 Å². The number of nitrogens with zero attached hydrogens (tertiary/aromatic N) is 2. The summed E-state index contributed by atoms with van der Waals surface area (Å²) in [6.45, 7) is 2.41. The second kappa shape index (κ2) is 7.95. The topological polar surface area (TPSA) is 61.9 Å². The molecular formula is C23H22F3N3O3S. The van der Waals surface area contributed by atoms with E-state index in [4.69, 9.17) is 0 Å². The molecule has 1 N–H and O–H groups in total. The van der Waals surface area contributed by atoms with E-state index in [1.165, 1.54) is 12.1 Å². The van der Waals surface area contributed by atoms with Crippen molar-refractivity contribution in [1.29, 1.82) is 0 Å². The highest BCUT2D eigenvalue weighted by molar-refractivity contribution is 7.99. The number of halogens is 3. The van der Waals surface area contributed by atoms with Crippen LogP contribution in [0.15, 0.2) is 48.5 Å². The zero-order valence-corrected chi connectivity index (χ0v) is 18.6. The maximum Gasteiger partial charge on any atom is 0.573 e. The smallest absolute Gasteiger partial charge is 0.406 e. The van der Waals surface area contributed by atoms with Gasteiger partial charge in [0.05, 0.1) is 5.92 Å². The van der Waals surface area contributed by atoms with Gasteiger partial charge in [-0.05, 0) is 43.7 Å². The number of para-hydroxylation sites is 1. The number of thioether (sulfide) groups is 1. The zero-order chi connectivity index (χ0) is 23.4. The predicted molar refractivity (Wildman–Crippen MR) is 119 cm³/mol. The van der Waals surface area contributed by atoms with Crippen LogP contribution in [-0.2, 0) is 15.1 Å². The highest BCUT2D eigenvalue weighted by atomic mass is 32.2. The normalized spacial score (nSPS) is 26.5. The minimum atomic E-state index is -4.79. The molecule has 0 saturated carbocycles. The van der Waals surface area contributed by atoms with Crippen LogP contribution < -0.4 is 15.0 Å². The Labute approximate surface area is 193 Å². The summed E-state index contributed by atoms with van der Waals surface area (Å²) in [5.74, 6) is 0.102. The fraction of sp³-hybridized carbons (Fsp3) is 0.391. The quantitative estimate of drug-likeness (QED) is 0.716. The van der Waals surface area contributed by atoms with Crippen LogP contribution in [0.25, 0.3) is 0 Å². The number of benzene rings is 2. The summed E-state index contributed by atoms with van der Waals surface area (Å²) in [6, 6.07) is 12.7. The number of anilines is 2. The number of carbonyl (C=O) groups is 2. The number of alkyl halides is 3. The van der Waals surface area contributed by atoms with E-state index in [0.717, 1.165) is 29.1 Å². The van der Waals surface area contributed by atoms with Crippen LogP contribution in [0.1, 0.15) is 18.9 Å². The SMILES string of the molecule is CCN1C(=O)[C@]2(c3ccccc31)[C@H](C(=O)Nc1ccc(OC(F)(F)F)cc1)C[C@H]1CSCN12. The summed E-state index contributed by atoms with van der Waals surface area (Å²) in [6.07, 6.45) is -4.25. The lowest BCUT2D eigenvalue weighted by atomic mass is 9.79. The molecule has 3 atom stereocenters. The van der Waals surface area contributed by atoms with Crippen molar-refractivity contribution in [2.75, 3.05) is 28.4 Å². The van der Waals surface area contributed by atoms with Gasteiger partial charge in [0.25, 0.3) is 5.91 Å². The Morgan fingerprint density at radius 3 is 2.64 bits per heavy atom. The van der Waals surface area contributed by atoms with Crippen molar-refractivity contribution in [3.05, 3.63) is 54.1 Å². The van der Waals surface area contributed by atoms with Crippen LogP contribution in [0.4, 0.5) is 24.5 Å². The third-order valence-corrected chi connectivity index (χ3v) is 7.69. The van der Waals surface area contributed by atoms with E-state index in [9.17, 15) is 22.8 Å². The van der Waals surface area contributed by atoms with E-state index >= 15 is 0 Å². The lowest BCUT2D eigenvalue weighted by Crippen LogP contribution is -2.55. The van der Waals surface area contributed by atoms with Gasteiger partial charge < -0.3 is 15.0 Å². The number of hydrogen-bond acceptors (Lipinski definition) is 5. The molecule has 3 heterocycles. The molecule has 0 aromatic heterocycles. The van der Waals surface area contributed by atoms with Gasteiger partial charge in [-0.2, -0.15) is 0 Å². The van der Waals surface area contributed by atoms with Crippen molar-refractivity contribution in [3.63, 3.8) is 0 Å². The molecular weight excluding hydrogens is 455 g/mol. The average molecular weight is 478 g/mol. The van der Waals surface area contributed by atoms with Crippen LogP contribution >= 0.6 is 11.8 Å². The van der Waals surface area contributed by atoms with Crippen molar-refractivity contribution >= 4 is 35.0 Å². The van der Waals surface area contributed by atoms with Crippen LogP contribution in [0.3, 0.4) is 0 Å². The first-order valence-electron chi connectivity index (χ1n) is 10.7. The Morgan fingerprint density at radius 2 is 1.94 bits per heavy atom. The number of ether oxygens (including phenoxy) is 1. The number of nitrogens with one attached hydrogen (secondary N) is 1. The minimum Gasteiger partial charge on any atom is -0.406 e. The molecule has 2 aromatic carbocycles. The summed E-state index contributed by atoms with van der Waals surface area (Å²) >= 11 is 1.75. The Balaban J connectivity index is 1.48. The first kappa shape index (κ1) is 22.1. The van der Waals surface area contributed by atoms with E-state index in [1.54, 1.807) is 16.7 Å². The molecule has 6 nitrogen and oxygen atoms in total. The van der Waals surface area contributed by atoms with Crippen LogP contribution in [-0.4, -0.2) is 47.3 Å². The number of amides is 2. The highest BCUT2D eigenvalue weighted by Crippen LogP contribution is 2.57. The Hall–Kier alpha value is -2.72. The molecule has 0 unspecified atom stereocenters.